The molecule has 0 radical (unpaired) electrons. The predicted molar refractivity (Wildman–Crippen MR) is 148 cm³/mol. The first-order chi connectivity index (χ1) is 16.8. The third-order valence-corrected chi connectivity index (χ3v) is 7.30. The minimum Gasteiger partial charge on any atom is -0.234 e. The number of benzene rings is 1. The smallest absolute Gasteiger partial charge is 0.234 e. The van der Waals surface area contributed by atoms with Gasteiger partial charge in [-0.3, -0.25) is 0 Å². The number of rotatable bonds is 22. The predicted octanol–water partition coefficient (Wildman–Crippen LogP) is 9.43. The van der Waals surface area contributed by atoms with Crippen LogP contribution >= 0.6 is 0 Å². The van der Waals surface area contributed by atoms with Crippen LogP contribution in [0, 0.1) is 0 Å². The molecule has 0 N–H and O–H groups in total. The van der Waals surface area contributed by atoms with Crippen molar-refractivity contribution in [3.63, 3.8) is 0 Å². The van der Waals surface area contributed by atoms with E-state index >= 15 is 0 Å². The Balaban J connectivity index is 1.69. The van der Waals surface area contributed by atoms with Crippen LogP contribution in [0.2, 0.25) is 0 Å². The van der Waals surface area contributed by atoms with Crippen LogP contribution in [0.4, 0.5) is 0 Å². The molecule has 2 nitrogen and oxygen atoms in total. The molecule has 1 aromatic carbocycles. The molecule has 2 rings (SSSR count). The van der Waals surface area contributed by atoms with Crippen molar-refractivity contribution in [2.75, 3.05) is 0 Å². The van der Waals surface area contributed by atoms with Crippen molar-refractivity contribution >= 4 is 0 Å². The summed E-state index contributed by atoms with van der Waals surface area (Å²) in [5.74, 6) is 1.49. The number of aromatic nitrogens is 2. The molecule has 1 aromatic heterocycles. The fourth-order valence-electron chi connectivity index (χ4n) is 5.07. The van der Waals surface area contributed by atoms with E-state index in [2.05, 4.69) is 65.7 Å². The lowest BCUT2D eigenvalue weighted by Crippen LogP contribution is -2.37. The molecule has 0 fully saturated rings. The average molecular weight is 468 g/mol. The fraction of sp³-hybridized carbons (Fsp3) is 0.719. The summed E-state index contributed by atoms with van der Waals surface area (Å²) in [6, 6.07) is 11.0. The van der Waals surface area contributed by atoms with Gasteiger partial charge in [-0.2, -0.15) is 0 Å². The molecule has 1 heterocycles. The van der Waals surface area contributed by atoms with Crippen molar-refractivity contribution < 1.29 is 4.57 Å². The standard InChI is InChI=1S/C32H55N2/c1-3-5-7-9-11-12-13-14-15-16-18-23-27-34-29-28-33(26-22-17-10-8-6-4-2)32(34)30-31-24-20-19-21-25-31/h19-21,24-25,28-29H,3-18,22-23,26-27,30H2,1-2H3/q+1. The van der Waals surface area contributed by atoms with Crippen LogP contribution in [0.25, 0.3) is 0 Å². The van der Waals surface area contributed by atoms with E-state index in [1.54, 1.807) is 0 Å². The summed E-state index contributed by atoms with van der Waals surface area (Å²) in [5.41, 5.74) is 1.42. The number of nitrogens with zero attached hydrogens (tertiary/aromatic N) is 2. The van der Waals surface area contributed by atoms with Crippen molar-refractivity contribution in [3.8, 4) is 0 Å². The molecule has 192 valence electrons. The molecule has 0 spiro atoms. The van der Waals surface area contributed by atoms with Gasteiger partial charge in [0.1, 0.15) is 12.4 Å². The Kier molecular flexibility index (Phi) is 16.6. The van der Waals surface area contributed by atoms with Crippen LogP contribution in [0.3, 0.4) is 0 Å². The maximum Gasteiger partial charge on any atom is 0.260 e. The van der Waals surface area contributed by atoms with E-state index in [1.807, 2.05) is 0 Å². The van der Waals surface area contributed by atoms with Crippen molar-refractivity contribution in [1.82, 2.24) is 4.57 Å². The van der Waals surface area contributed by atoms with Gasteiger partial charge in [-0.1, -0.05) is 134 Å². The molecule has 0 saturated carbocycles. The molecule has 0 aliphatic heterocycles. The lowest BCUT2D eigenvalue weighted by Gasteiger charge is -2.07. The molecule has 2 heteroatoms. The van der Waals surface area contributed by atoms with Crippen molar-refractivity contribution in [2.45, 2.75) is 149 Å². The van der Waals surface area contributed by atoms with Gasteiger partial charge in [0.2, 0.25) is 0 Å². The third-order valence-electron chi connectivity index (χ3n) is 7.30. The minimum atomic E-state index is 1.04. The number of hydrogen-bond donors (Lipinski definition) is 0. The molecule has 0 bridgehead atoms. The van der Waals surface area contributed by atoms with Crippen molar-refractivity contribution in [1.29, 1.82) is 0 Å². The molecule has 0 unspecified atom stereocenters. The quantitative estimate of drug-likeness (QED) is 0.120. The van der Waals surface area contributed by atoms with Gasteiger partial charge in [0.15, 0.2) is 0 Å². The summed E-state index contributed by atoms with van der Waals surface area (Å²) in [6.07, 6.45) is 30.9. The molecule has 0 aliphatic rings. The number of unbranched alkanes of at least 4 members (excludes halogenated alkanes) is 16. The molecular formula is C32H55N2+. The van der Waals surface area contributed by atoms with Crippen LogP contribution in [0.1, 0.15) is 141 Å². The first-order valence-electron chi connectivity index (χ1n) is 15.0. The highest BCUT2D eigenvalue weighted by molar-refractivity contribution is 5.18. The minimum absolute atomic E-state index is 1.04. The second kappa shape index (κ2) is 19.7. The van der Waals surface area contributed by atoms with Crippen molar-refractivity contribution in [2.24, 2.45) is 0 Å². The Morgan fingerprint density at radius 2 is 1.09 bits per heavy atom. The number of imidazole rings is 1. The molecule has 34 heavy (non-hydrogen) atoms. The van der Waals surface area contributed by atoms with E-state index in [1.165, 1.54) is 140 Å². The highest BCUT2D eigenvalue weighted by Gasteiger charge is 2.17. The zero-order valence-electron chi connectivity index (χ0n) is 22.8. The van der Waals surface area contributed by atoms with E-state index in [4.69, 9.17) is 0 Å². The van der Waals surface area contributed by atoms with Crippen LogP contribution in [-0.2, 0) is 19.5 Å². The molecular weight excluding hydrogens is 412 g/mol. The lowest BCUT2D eigenvalue weighted by molar-refractivity contribution is -0.703. The van der Waals surface area contributed by atoms with E-state index in [0.717, 1.165) is 6.42 Å². The fourth-order valence-corrected chi connectivity index (χ4v) is 5.07. The average Bonchev–Trinajstić information content (AvgIpc) is 3.23. The van der Waals surface area contributed by atoms with Crippen LogP contribution < -0.4 is 4.57 Å². The van der Waals surface area contributed by atoms with E-state index < -0.39 is 0 Å². The molecule has 0 saturated heterocycles. The van der Waals surface area contributed by atoms with Gasteiger partial charge in [0, 0.05) is 0 Å². The summed E-state index contributed by atoms with van der Waals surface area (Å²) in [4.78, 5) is 0. The second-order valence-corrected chi connectivity index (χ2v) is 10.4. The van der Waals surface area contributed by atoms with Gasteiger partial charge < -0.3 is 0 Å². The highest BCUT2D eigenvalue weighted by Crippen LogP contribution is 2.13. The SMILES string of the molecule is CCCCCCCCCCCCCC[n+]1ccn(CCCCCCCC)c1Cc1ccccc1. The van der Waals surface area contributed by atoms with Gasteiger partial charge >= 0.3 is 0 Å². The summed E-state index contributed by atoms with van der Waals surface area (Å²) in [6.45, 7) is 6.93. The zero-order chi connectivity index (χ0) is 24.1. The summed E-state index contributed by atoms with van der Waals surface area (Å²) < 4.78 is 5.08. The Labute approximate surface area is 212 Å². The highest BCUT2D eigenvalue weighted by atomic mass is 15.1. The molecule has 2 aromatic rings. The topological polar surface area (TPSA) is 8.81 Å². The van der Waals surface area contributed by atoms with Crippen molar-refractivity contribution in [3.05, 3.63) is 54.1 Å². The number of aryl methyl sites for hydroxylation is 2. The lowest BCUT2D eigenvalue weighted by atomic mass is 10.1. The second-order valence-electron chi connectivity index (χ2n) is 10.4. The van der Waals surface area contributed by atoms with E-state index in [9.17, 15) is 0 Å². The van der Waals surface area contributed by atoms with Gasteiger partial charge in [-0.25, -0.2) is 9.13 Å². The van der Waals surface area contributed by atoms with E-state index in [-0.39, 0.29) is 0 Å². The molecule has 0 aliphatic carbocycles. The van der Waals surface area contributed by atoms with Gasteiger partial charge in [0.05, 0.1) is 19.5 Å². The monoisotopic (exact) mass is 467 g/mol. The first kappa shape index (κ1) is 28.7. The van der Waals surface area contributed by atoms with Gasteiger partial charge in [0.25, 0.3) is 5.82 Å². The van der Waals surface area contributed by atoms with Gasteiger partial charge in [-0.15, -0.1) is 0 Å². The summed E-state index contributed by atoms with van der Waals surface area (Å²) in [5, 5.41) is 0. The van der Waals surface area contributed by atoms with Crippen LogP contribution in [0.15, 0.2) is 42.7 Å². The first-order valence-corrected chi connectivity index (χ1v) is 15.0. The van der Waals surface area contributed by atoms with Gasteiger partial charge in [-0.05, 0) is 31.2 Å². The Hall–Kier alpha value is -1.57. The zero-order valence-corrected chi connectivity index (χ0v) is 22.8. The maximum absolute atomic E-state index is 2.54. The molecule has 0 amide bonds. The Bertz CT molecular complexity index is 703. The summed E-state index contributed by atoms with van der Waals surface area (Å²) >= 11 is 0. The van der Waals surface area contributed by atoms with E-state index in [0.29, 0.717) is 0 Å². The van der Waals surface area contributed by atoms with Crippen LogP contribution in [0.5, 0.6) is 0 Å². The Morgan fingerprint density at radius 3 is 1.65 bits per heavy atom. The third kappa shape index (κ3) is 12.8. The largest absolute Gasteiger partial charge is 0.260 e. The normalized spacial score (nSPS) is 11.4. The number of hydrogen-bond acceptors (Lipinski definition) is 0. The Morgan fingerprint density at radius 1 is 0.588 bits per heavy atom. The van der Waals surface area contributed by atoms with Crippen LogP contribution in [-0.4, -0.2) is 4.57 Å². The maximum atomic E-state index is 2.54. The summed E-state index contributed by atoms with van der Waals surface area (Å²) in [7, 11) is 0. The molecule has 0 atom stereocenters.